The molecule has 0 aliphatic carbocycles. The molecule has 0 aliphatic heterocycles. The van der Waals surface area contributed by atoms with Crippen LogP contribution in [-0.4, -0.2) is 4.21 Å². The van der Waals surface area contributed by atoms with Gasteiger partial charge in [0.15, 0.2) is 11.0 Å². The summed E-state index contributed by atoms with van der Waals surface area (Å²) in [5.74, 6) is 0. The minimum Gasteiger partial charge on any atom is -0.230 e. The first-order valence-corrected chi connectivity index (χ1v) is 4.41. The fraction of sp³-hybridized carbons (Fsp3) is 0. The number of nitrogens with zero attached hydrogens (tertiary/aromatic N) is 1. The van der Waals surface area contributed by atoms with Gasteiger partial charge in [-0.15, -0.1) is 0 Å². The Kier molecular flexibility index (Phi) is 3.13. The maximum absolute atomic E-state index is 11.1. The summed E-state index contributed by atoms with van der Waals surface area (Å²) in [5.41, 5.74) is 0. The Morgan fingerprint density at radius 1 is 1.36 bits per heavy atom. The highest BCUT2D eigenvalue weighted by Gasteiger charge is 1.98. The molecule has 0 saturated heterocycles. The zero-order valence-corrected chi connectivity index (χ0v) is 7.19. The third-order valence-electron chi connectivity index (χ3n) is 1.08. The molecular formula is C6H6N2OS2. The van der Waals surface area contributed by atoms with Crippen molar-refractivity contribution in [1.29, 1.82) is 0 Å². The van der Waals surface area contributed by atoms with Crippen molar-refractivity contribution in [3.63, 3.8) is 0 Å². The van der Waals surface area contributed by atoms with Crippen LogP contribution < -0.4 is 4.83 Å². The molecular weight excluding hydrogens is 180 g/mol. The predicted molar refractivity (Wildman–Crippen MR) is 45.8 cm³/mol. The van der Waals surface area contributed by atoms with Crippen LogP contribution in [0, 0.1) is 0 Å². The van der Waals surface area contributed by atoms with Crippen molar-refractivity contribution in [3.8, 4) is 0 Å². The van der Waals surface area contributed by atoms with Crippen molar-refractivity contribution in [2.75, 3.05) is 0 Å². The minimum atomic E-state index is -1.30. The molecule has 0 fully saturated rings. The molecule has 1 N–H and O–H groups in total. The van der Waals surface area contributed by atoms with E-state index in [1.807, 2.05) is 6.07 Å². The molecule has 58 valence electrons. The Bertz CT molecular complexity index is 263. The number of benzene rings is 1. The maximum atomic E-state index is 11.1. The van der Waals surface area contributed by atoms with Crippen LogP contribution >= 0.6 is 0 Å². The van der Waals surface area contributed by atoms with Crippen molar-refractivity contribution in [2.45, 2.75) is 4.90 Å². The summed E-state index contributed by atoms with van der Waals surface area (Å²) < 4.78 is 14.2. The van der Waals surface area contributed by atoms with E-state index in [9.17, 15) is 4.21 Å². The standard InChI is InChI=1S/C6H6N2OS2/c9-11(8-7-10)6-4-2-1-3-5-6/h1-5H,(H,8,10). The van der Waals surface area contributed by atoms with Gasteiger partial charge >= 0.3 is 0 Å². The molecule has 1 rings (SSSR count). The minimum absolute atomic E-state index is 0.668. The van der Waals surface area contributed by atoms with E-state index in [0.717, 1.165) is 0 Å². The molecule has 0 saturated carbocycles. The topological polar surface area (TPSA) is 41.5 Å². The molecule has 1 aromatic carbocycles. The molecule has 0 aliphatic rings. The summed E-state index contributed by atoms with van der Waals surface area (Å²) >= 11 is 4.25. The highest BCUT2D eigenvalue weighted by Crippen LogP contribution is 2.01. The second-order valence-corrected chi connectivity index (χ2v) is 3.14. The Morgan fingerprint density at radius 3 is 2.55 bits per heavy atom. The third kappa shape index (κ3) is 2.36. The van der Waals surface area contributed by atoms with Crippen LogP contribution in [0.2, 0.25) is 0 Å². The molecule has 0 amide bonds. The Labute approximate surface area is 72.6 Å². The van der Waals surface area contributed by atoms with Gasteiger partial charge in [0.25, 0.3) is 0 Å². The second-order valence-electron chi connectivity index (χ2n) is 1.76. The molecule has 0 bridgehead atoms. The monoisotopic (exact) mass is 186 g/mol. The number of rotatable bonds is 3. The molecule has 1 aromatic rings. The van der Waals surface area contributed by atoms with Crippen LogP contribution in [0.3, 0.4) is 0 Å². The molecule has 11 heavy (non-hydrogen) atoms. The van der Waals surface area contributed by atoms with E-state index >= 15 is 0 Å². The van der Waals surface area contributed by atoms with Gasteiger partial charge in [0.2, 0.25) is 0 Å². The van der Waals surface area contributed by atoms with E-state index in [0.29, 0.717) is 4.90 Å². The first-order chi connectivity index (χ1) is 5.34. The summed E-state index contributed by atoms with van der Waals surface area (Å²) in [6.07, 6.45) is 0. The van der Waals surface area contributed by atoms with E-state index in [-0.39, 0.29) is 0 Å². The average Bonchev–Trinajstić information content (AvgIpc) is 2.07. The lowest BCUT2D eigenvalue weighted by Gasteiger charge is -1.96. The van der Waals surface area contributed by atoms with E-state index in [4.69, 9.17) is 0 Å². The van der Waals surface area contributed by atoms with Crippen LogP contribution in [0.15, 0.2) is 39.7 Å². The average molecular weight is 186 g/mol. The molecule has 1 atom stereocenters. The summed E-state index contributed by atoms with van der Waals surface area (Å²) in [4.78, 5) is 2.94. The lowest BCUT2D eigenvalue weighted by atomic mass is 10.4. The van der Waals surface area contributed by atoms with E-state index in [2.05, 4.69) is 21.7 Å². The summed E-state index contributed by atoms with van der Waals surface area (Å²) in [5, 5.41) is 0. The fourth-order valence-corrected chi connectivity index (χ4v) is 1.41. The van der Waals surface area contributed by atoms with Gasteiger partial charge in [-0.25, -0.2) is 9.04 Å². The van der Waals surface area contributed by atoms with Crippen molar-refractivity contribution in [1.82, 2.24) is 4.83 Å². The predicted octanol–water partition coefficient (Wildman–Crippen LogP) is 0.944. The zero-order valence-electron chi connectivity index (χ0n) is 5.56. The van der Waals surface area contributed by atoms with Crippen molar-refractivity contribution < 1.29 is 4.21 Å². The van der Waals surface area contributed by atoms with E-state index < -0.39 is 11.0 Å². The smallest absolute Gasteiger partial charge is 0.167 e. The second kappa shape index (κ2) is 4.15. The van der Waals surface area contributed by atoms with E-state index in [1.165, 1.54) is 0 Å². The third-order valence-corrected chi connectivity index (χ3v) is 2.24. The van der Waals surface area contributed by atoms with Gasteiger partial charge in [-0.3, -0.25) is 0 Å². The van der Waals surface area contributed by atoms with Crippen molar-refractivity contribution in [2.24, 2.45) is 4.47 Å². The molecule has 0 heterocycles. The fourth-order valence-electron chi connectivity index (χ4n) is 0.631. The lowest BCUT2D eigenvalue weighted by molar-refractivity contribution is 0.675. The normalized spacial score (nSPS) is 12.0. The summed E-state index contributed by atoms with van der Waals surface area (Å²) in [6.45, 7) is 0. The Morgan fingerprint density at radius 2 is 2.00 bits per heavy atom. The SMILES string of the molecule is O=S(NN=S)c1ccccc1. The van der Waals surface area contributed by atoms with Gasteiger partial charge in [-0.1, -0.05) is 22.7 Å². The van der Waals surface area contributed by atoms with Crippen LogP contribution in [0.4, 0.5) is 0 Å². The zero-order chi connectivity index (χ0) is 8.10. The van der Waals surface area contributed by atoms with Crippen molar-refractivity contribution >= 4 is 23.4 Å². The highest BCUT2D eigenvalue weighted by atomic mass is 32.2. The molecule has 0 radical (unpaired) electrons. The molecule has 0 spiro atoms. The van der Waals surface area contributed by atoms with Crippen LogP contribution in [0.25, 0.3) is 0 Å². The van der Waals surface area contributed by atoms with Gasteiger partial charge < -0.3 is 0 Å². The van der Waals surface area contributed by atoms with Gasteiger partial charge in [0.05, 0.1) is 17.3 Å². The summed E-state index contributed by atoms with van der Waals surface area (Å²) in [6, 6.07) is 8.94. The van der Waals surface area contributed by atoms with Gasteiger partial charge in [0.1, 0.15) is 0 Å². The largest absolute Gasteiger partial charge is 0.230 e. The van der Waals surface area contributed by atoms with Crippen LogP contribution in [0.1, 0.15) is 0 Å². The maximum Gasteiger partial charge on any atom is 0.167 e. The van der Waals surface area contributed by atoms with Gasteiger partial charge in [-0.05, 0) is 12.1 Å². The van der Waals surface area contributed by atoms with E-state index in [1.54, 1.807) is 24.3 Å². The first-order valence-electron chi connectivity index (χ1n) is 2.89. The Hall–Kier alpha value is -0.810. The van der Waals surface area contributed by atoms with Gasteiger partial charge in [-0.2, -0.15) is 0 Å². The number of hydrogen-bond donors (Lipinski definition) is 1. The molecule has 3 nitrogen and oxygen atoms in total. The van der Waals surface area contributed by atoms with Gasteiger partial charge in [0, 0.05) is 0 Å². The number of nitrogens with one attached hydrogen (secondary N) is 1. The van der Waals surface area contributed by atoms with Crippen LogP contribution in [-0.2, 0) is 23.4 Å². The lowest BCUT2D eigenvalue weighted by Crippen LogP contribution is -2.08. The molecule has 5 heteroatoms. The quantitative estimate of drug-likeness (QED) is 0.714. The first kappa shape index (κ1) is 8.29. The number of hydrogen-bond acceptors (Lipinski definition) is 3. The highest BCUT2D eigenvalue weighted by molar-refractivity contribution is 7.83. The Balaban J connectivity index is 2.77. The molecule has 1 unspecified atom stereocenters. The van der Waals surface area contributed by atoms with Crippen LogP contribution in [0.5, 0.6) is 0 Å². The summed E-state index contributed by atoms with van der Waals surface area (Å²) in [7, 11) is -1.30. The van der Waals surface area contributed by atoms with Crippen molar-refractivity contribution in [3.05, 3.63) is 30.3 Å². The molecule has 0 aromatic heterocycles.